The number of aliphatic carboxylic acids is 1. The van der Waals surface area contributed by atoms with Gasteiger partial charge in [-0.05, 0) is 59.1 Å². The van der Waals surface area contributed by atoms with Gasteiger partial charge in [-0.2, -0.15) is 13.2 Å². The summed E-state index contributed by atoms with van der Waals surface area (Å²) in [6.45, 7) is 6.53. The second-order valence-corrected chi connectivity index (χ2v) is 9.86. The Labute approximate surface area is 208 Å². The number of Topliss-reactive ketones (excluding diaryl/α,β-unsaturated/α-hetero) is 1. The van der Waals surface area contributed by atoms with Gasteiger partial charge in [-0.25, -0.2) is 0 Å². The van der Waals surface area contributed by atoms with Gasteiger partial charge < -0.3 is 10.0 Å². The Balaban J connectivity index is 1.74. The van der Waals surface area contributed by atoms with Gasteiger partial charge in [-0.15, -0.1) is 11.8 Å². The van der Waals surface area contributed by atoms with Gasteiger partial charge in [0.1, 0.15) is 5.37 Å². The minimum atomic E-state index is -4.38. The van der Waals surface area contributed by atoms with Gasteiger partial charge in [0.05, 0.1) is 5.56 Å². The zero-order valence-corrected chi connectivity index (χ0v) is 20.9. The maximum absolute atomic E-state index is 13.0. The van der Waals surface area contributed by atoms with Crippen molar-refractivity contribution < 1.29 is 27.9 Å². The molecular weight excluding hydrogens is 475 g/mol. The number of nitrogens with zero attached hydrogens (tertiary/aromatic N) is 1. The van der Waals surface area contributed by atoms with E-state index in [4.69, 9.17) is 5.11 Å². The number of carbonyl (C=O) groups excluding carboxylic acids is 1. The normalized spacial score (nSPS) is 16.0. The van der Waals surface area contributed by atoms with E-state index in [1.165, 1.54) is 12.1 Å². The monoisotopic (exact) mass is 505 g/mol. The number of carboxylic acid groups (broad SMARTS) is 1. The van der Waals surface area contributed by atoms with Gasteiger partial charge in [-0.3, -0.25) is 9.59 Å². The molecule has 1 aliphatic rings. The zero-order valence-electron chi connectivity index (χ0n) is 20.1. The standard InChI is InChI=1S/C27H30F3NO3S/c1-4-18-15-21(6-5-19(18)9-12-25(33)34)24(32)13-14-31-23(17(2)3)16-35-26(31)20-7-10-22(11-8-20)27(28,29)30/h5-8,10-11,15-17,26H,4,9,12-14H2,1-3H3,(H,33,34). The molecule has 3 rings (SSSR count). The third-order valence-corrected chi connectivity index (χ3v) is 7.31. The Kier molecular flexibility index (Phi) is 8.70. The average Bonchev–Trinajstić information content (AvgIpc) is 3.24. The number of ketones is 1. The molecule has 0 aromatic heterocycles. The molecule has 0 amide bonds. The topological polar surface area (TPSA) is 57.6 Å². The summed E-state index contributed by atoms with van der Waals surface area (Å²) in [6, 6.07) is 10.7. The number of halogens is 3. The molecule has 1 unspecified atom stereocenters. The van der Waals surface area contributed by atoms with Crippen molar-refractivity contribution in [2.45, 2.75) is 58.0 Å². The van der Waals surface area contributed by atoms with Crippen LogP contribution in [0.1, 0.15) is 71.6 Å². The highest BCUT2D eigenvalue weighted by molar-refractivity contribution is 8.02. The molecule has 8 heteroatoms. The van der Waals surface area contributed by atoms with Crippen LogP contribution in [0.5, 0.6) is 0 Å². The number of carbonyl (C=O) groups is 2. The molecule has 0 radical (unpaired) electrons. The van der Waals surface area contributed by atoms with E-state index in [1.54, 1.807) is 17.8 Å². The molecule has 0 saturated heterocycles. The van der Waals surface area contributed by atoms with Gasteiger partial charge in [0.25, 0.3) is 0 Å². The maximum atomic E-state index is 13.0. The predicted molar refractivity (Wildman–Crippen MR) is 132 cm³/mol. The minimum Gasteiger partial charge on any atom is -0.481 e. The molecule has 35 heavy (non-hydrogen) atoms. The molecular formula is C27H30F3NO3S. The molecule has 1 atom stereocenters. The van der Waals surface area contributed by atoms with Crippen LogP contribution in [0.2, 0.25) is 0 Å². The number of alkyl halides is 3. The van der Waals surface area contributed by atoms with E-state index in [0.29, 0.717) is 24.9 Å². The van der Waals surface area contributed by atoms with E-state index >= 15 is 0 Å². The summed E-state index contributed by atoms with van der Waals surface area (Å²) in [6.07, 6.45) is -2.94. The zero-order chi connectivity index (χ0) is 25.8. The van der Waals surface area contributed by atoms with Crippen LogP contribution in [-0.4, -0.2) is 28.3 Å². The second-order valence-electron chi connectivity index (χ2n) is 8.90. The van der Waals surface area contributed by atoms with E-state index < -0.39 is 17.7 Å². The first-order chi connectivity index (χ1) is 16.5. The van der Waals surface area contributed by atoms with Crippen LogP contribution in [0.15, 0.2) is 53.6 Å². The van der Waals surface area contributed by atoms with Crippen LogP contribution in [0.3, 0.4) is 0 Å². The lowest BCUT2D eigenvalue weighted by Crippen LogP contribution is -2.28. The van der Waals surface area contributed by atoms with E-state index in [-0.39, 0.29) is 29.9 Å². The number of hydrogen-bond donors (Lipinski definition) is 1. The fraction of sp³-hybridized carbons (Fsp3) is 0.407. The molecule has 0 spiro atoms. The highest BCUT2D eigenvalue weighted by atomic mass is 32.2. The quantitative estimate of drug-likeness (QED) is 0.349. The van der Waals surface area contributed by atoms with Gasteiger partial charge in [-0.1, -0.05) is 45.0 Å². The van der Waals surface area contributed by atoms with Crippen molar-refractivity contribution in [2.24, 2.45) is 5.92 Å². The van der Waals surface area contributed by atoms with E-state index in [9.17, 15) is 22.8 Å². The van der Waals surface area contributed by atoms with Crippen molar-refractivity contribution in [1.82, 2.24) is 4.90 Å². The van der Waals surface area contributed by atoms with E-state index in [1.807, 2.05) is 24.5 Å². The summed E-state index contributed by atoms with van der Waals surface area (Å²) in [7, 11) is 0. The minimum absolute atomic E-state index is 0.0179. The number of aryl methyl sites for hydroxylation is 2. The molecule has 0 bridgehead atoms. The fourth-order valence-electron chi connectivity index (χ4n) is 4.20. The van der Waals surface area contributed by atoms with E-state index in [0.717, 1.165) is 34.5 Å². The summed E-state index contributed by atoms with van der Waals surface area (Å²) in [5.74, 6) is -0.666. The van der Waals surface area contributed by atoms with Crippen LogP contribution >= 0.6 is 11.8 Å². The lowest BCUT2D eigenvalue weighted by Gasteiger charge is -2.31. The molecule has 1 N–H and O–H groups in total. The first-order valence-electron chi connectivity index (χ1n) is 11.7. The molecule has 0 aliphatic carbocycles. The van der Waals surface area contributed by atoms with Gasteiger partial charge in [0.2, 0.25) is 0 Å². The number of carboxylic acids is 1. The fourth-order valence-corrected chi connectivity index (χ4v) is 5.56. The first kappa shape index (κ1) is 26.9. The van der Waals surface area contributed by atoms with Crippen molar-refractivity contribution in [1.29, 1.82) is 0 Å². The summed E-state index contributed by atoms with van der Waals surface area (Å²) in [4.78, 5) is 26.1. The molecule has 1 aliphatic heterocycles. The highest BCUT2D eigenvalue weighted by Gasteiger charge is 2.33. The Morgan fingerprint density at radius 1 is 1.06 bits per heavy atom. The number of allylic oxidation sites excluding steroid dienone is 1. The molecule has 1 heterocycles. The third kappa shape index (κ3) is 6.69. The van der Waals surface area contributed by atoms with Crippen molar-refractivity contribution >= 4 is 23.5 Å². The lowest BCUT2D eigenvalue weighted by molar-refractivity contribution is -0.138. The highest BCUT2D eigenvalue weighted by Crippen LogP contribution is 2.45. The maximum Gasteiger partial charge on any atom is 0.416 e. The number of hydrogen-bond acceptors (Lipinski definition) is 4. The predicted octanol–water partition coefficient (Wildman–Crippen LogP) is 7.10. The van der Waals surface area contributed by atoms with Crippen LogP contribution < -0.4 is 0 Å². The Morgan fingerprint density at radius 3 is 2.31 bits per heavy atom. The van der Waals surface area contributed by atoms with Gasteiger partial charge >= 0.3 is 12.1 Å². The molecule has 2 aromatic rings. The molecule has 0 saturated carbocycles. The van der Waals surface area contributed by atoms with Gasteiger partial charge in [0.15, 0.2) is 5.78 Å². The molecule has 0 fully saturated rings. The summed E-state index contributed by atoms with van der Waals surface area (Å²) >= 11 is 1.54. The van der Waals surface area contributed by atoms with Crippen LogP contribution in [0.4, 0.5) is 13.2 Å². The SMILES string of the molecule is CCc1cc(C(=O)CCN2C(C(C)C)=CSC2c2ccc(C(F)(F)F)cc2)ccc1CCC(=O)O. The summed E-state index contributed by atoms with van der Waals surface area (Å²) in [5.41, 5.74) is 3.65. The largest absolute Gasteiger partial charge is 0.481 e. The Hall–Kier alpha value is -2.74. The number of rotatable bonds is 10. The van der Waals surface area contributed by atoms with Crippen molar-refractivity contribution in [3.05, 3.63) is 81.4 Å². The molecule has 188 valence electrons. The van der Waals surface area contributed by atoms with Crippen molar-refractivity contribution in [3.8, 4) is 0 Å². The Bertz CT molecular complexity index is 1090. The summed E-state index contributed by atoms with van der Waals surface area (Å²) in [5, 5.41) is 10.8. The third-order valence-electron chi connectivity index (χ3n) is 6.14. The van der Waals surface area contributed by atoms with E-state index in [2.05, 4.69) is 18.7 Å². The van der Waals surface area contributed by atoms with Crippen LogP contribution in [0, 0.1) is 5.92 Å². The average molecular weight is 506 g/mol. The van der Waals surface area contributed by atoms with Crippen LogP contribution in [-0.2, 0) is 23.8 Å². The Morgan fingerprint density at radius 2 is 1.74 bits per heavy atom. The van der Waals surface area contributed by atoms with Crippen LogP contribution in [0.25, 0.3) is 0 Å². The second kappa shape index (κ2) is 11.3. The smallest absolute Gasteiger partial charge is 0.416 e. The van der Waals surface area contributed by atoms with Gasteiger partial charge in [0, 0.05) is 30.6 Å². The lowest BCUT2D eigenvalue weighted by atomic mass is 9.96. The summed E-state index contributed by atoms with van der Waals surface area (Å²) < 4.78 is 38.9. The first-order valence-corrected chi connectivity index (χ1v) is 12.6. The number of benzene rings is 2. The van der Waals surface area contributed by atoms with Crippen molar-refractivity contribution in [2.75, 3.05) is 6.54 Å². The number of thioether (sulfide) groups is 1. The van der Waals surface area contributed by atoms with Crippen molar-refractivity contribution in [3.63, 3.8) is 0 Å². The molecule has 2 aromatic carbocycles. The molecule has 4 nitrogen and oxygen atoms in total.